The smallest absolute Gasteiger partial charge is 0.311 e. The number of fused-ring (bicyclic) bond motifs is 1. The van der Waals surface area contributed by atoms with E-state index in [1.165, 1.54) is 4.52 Å². The van der Waals surface area contributed by atoms with Crippen molar-refractivity contribution in [3.05, 3.63) is 23.1 Å². The lowest BCUT2D eigenvalue weighted by atomic mass is 10.4. The van der Waals surface area contributed by atoms with Crippen molar-refractivity contribution in [1.29, 1.82) is 0 Å². The van der Waals surface area contributed by atoms with Gasteiger partial charge in [-0.3, -0.25) is 4.79 Å². The highest BCUT2D eigenvalue weighted by Crippen LogP contribution is 2.07. The number of aliphatic carboxylic acids is 1. The molecule has 2 heterocycles. The fourth-order valence-electron chi connectivity index (χ4n) is 1.06. The van der Waals surface area contributed by atoms with Crippen molar-refractivity contribution in [3.63, 3.8) is 0 Å². The van der Waals surface area contributed by atoms with Crippen LogP contribution in [0.25, 0.3) is 5.65 Å². The first-order valence-corrected chi connectivity index (χ1v) is 4.13. The summed E-state index contributed by atoms with van der Waals surface area (Å²) in [5.41, 5.74) is 0.477. The number of hydrogen-bond donors (Lipinski definition) is 1. The van der Waals surface area contributed by atoms with Crippen molar-refractivity contribution in [3.8, 4) is 0 Å². The van der Waals surface area contributed by atoms with Gasteiger partial charge < -0.3 is 5.11 Å². The van der Waals surface area contributed by atoms with E-state index in [9.17, 15) is 4.79 Å². The van der Waals surface area contributed by atoms with Crippen molar-refractivity contribution in [2.75, 3.05) is 0 Å². The molecule has 0 saturated heterocycles. The van der Waals surface area contributed by atoms with E-state index in [2.05, 4.69) is 15.3 Å². The molecule has 0 bridgehead atoms. The van der Waals surface area contributed by atoms with Crippen LogP contribution in [-0.2, 0) is 11.2 Å². The molecule has 0 aromatic carbocycles. The molecule has 0 aliphatic carbocycles. The predicted molar refractivity (Wildman–Crippen MR) is 47.1 cm³/mol. The average molecular weight is 213 g/mol. The van der Waals surface area contributed by atoms with E-state index < -0.39 is 5.97 Å². The van der Waals surface area contributed by atoms with E-state index in [0.29, 0.717) is 5.65 Å². The van der Waals surface area contributed by atoms with E-state index in [-0.39, 0.29) is 17.4 Å². The molecule has 0 unspecified atom stereocenters. The fourth-order valence-corrected chi connectivity index (χ4v) is 1.20. The van der Waals surface area contributed by atoms with Crippen LogP contribution in [0.4, 0.5) is 0 Å². The zero-order valence-electron chi connectivity index (χ0n) is 6.88. The van der Waals surface area contributed by atoms with Crippen molar-refractivity contribution in [2.24, 2.45) is 0 Å². The molecule has 0 saturated carbocycles. The molecule has 1 N–H and O–H groups in total. The summed E-state index contributed by atoms with van der Waals surface area (Å²) in [6.07, 6.45) is -0.228. The van der Waals surface area contributed by atoms with Crippen LogP contribution in [0, 0.1) is 0 Å². The van der Waals surface area contributed by atoms with E-state index in [4.69, 9.17) is 16.7 Å². The molecule has 0 amide bonds. The number of aromatic nitrogens is 4. The van der Waals surface area contributed by atoms with Gasteiger partial charge in [0.05, 0.1) is 0 Å². The van der Waals surface area contributed by atoms with Crippen molar-refractivity contribution >= 4 is 23.2 Å². The molecule has 72 valence electrons. The van der Waals surface area contributed by atoms with Crippen LogP contribution in [0.5, 0.6) is 0 Å². The molecule has 0 fully saturated rings. The van der Waals surface area contributed by atoms with E-state index in [1.807, 2.05) is 0 Å². The standard InChI is InChI=1S/C7H5ClN4O2/c8-4-1-2-5-9-10-6(3-7(13)14)12(5)11-4/h1-2H,3H2,(H,13,14). The van der Waals surface area contributed by atoms with Crippen LogP contribution in [0.15, 0.2) is 12.1 Å². The zero-order valence-corrected chi connectivity index (χ0v) is 7.64. The molecule has 0 aliphatic heterocycles. The van der Waals surface area contributed by atoms with Crippen LogP contribution in [0.2, 0.25) is 5.15 Å². The predicted octanol–water partition coefficient (Wildman–Crippen LogP) is 0.405. The lowest BCUT2D eigenvalue weighted by Gasteiger charge is -1.95. The Morgan fingerprint density at radius 1 is 1.50 bits per heavy atom. The highest BCUT2D eigenvalue weighted by molar-refractivity contribution is 6.29. The lowest BCUT2D eigenvalue weighted by Crippen LogP contribution is -2.06. The zero-order chi connectivity index (χ0) is 10.1. The summed E-state index contributed by atoms with van der Waals surface area (Å²) < 4.78 is 1.32. The molecule has 6 nitrogen and oxygen atoms in total. The van der Waals surface area contributed by atoms with Crippen molar-refractivity contribution in [1.82, 2.24) is 19.8 Å². The number of hydrogen-bond acceptors (Lipinski definition) is 4. The summed E-state index contributed by atoms with van der Waals surface area (Å²) in [5, 5.41) is 20.2. The number of nitrogens with zero attached hydrogens (tertiary/aromatic N) is 4. The Kier molecular flexibility index (Phi) is 2.05. The first-order valence-electron chi connectivity index (χ1n) is 3.75. The summed E-state index contributed by atoms with van der Waals surface area (Å²) in [5.74, 6) is -0.726. The number of carbonyl (C=O) groups is 1. The van der Waals surface area contributed by atoms with Crippen LogP contribution < -0.4 is 0 Å². The SMILES string of the molecule is O=C(O)Cc1nnc2ccc(Cl)nn12. The van der Waals surface area contributed by atoms with Gasteiger partial charge in [0.25, 0.3) is 0 Å². The van der Waals surface area contributed by atoms with E-state index in [0.717, 1.165) is 0 Å². The maximum Gasteiger partial charge on any atom is 0.311 e. The Bertz CT molecular complexity index is 495. The molecule has 14 heavy (non-hydrogen) atoms. The molecule has 7 heteroatoms. The van der Waals surface area contributed by atoms with Gasteiger partial charge in [0.2, 0.25) is 0 Å². The van der Waals surface area contributed by atoms with Crippen LogP contribution >= 0.6 is 11.6 Å². The Balaban J connectivity index is 2.55. The maximum absolute atomic E-state index is 10.5. The monoisotopic (exact) mass is 212 g/mol. The molecule has 0 spiro atoms. The first-order chi connectivity index (χ1) is 6.66. The average Bonchev–Trinajstić information content (AvgIpc) is 2.47. The lowest BCUT2D eigenvalue weighted by molar-refractivity contribution is -0.136. The van der Waals surface area contributed by atoms with Gasteiger partial charge in [0.1, 0.15) is 11.6 Å². The minimum atomic E-state index is -0.985. The second-order valence-corrected chi connectivity index (χ2v) is 3.00. The fraction of sp³-hybridized carbons (Fsp3) is 0.143. The minimum Gasteiger partial charge on any atom is -0.481 e. The number of rotatable bonds is 2. The van der Waals surface area contributed by atoms with Gasteiger partial charge in [-0.2, -0.15) is 9.61 Å². The van der Waals surface area contributed by atoms with Gasteiger partial charge in [-0.15, -0.1) is 10.2 Å². The molecule has 0 atom stereocenters. The van der Waals surface area contributed by atoms with Crippen molar-refractivity contribution < 1.29 is 9.90 Å². The Morgan fingerprint density at radius 3 is 3.00 bits per heavy atom. The highest BCUT2D eigenvalue weighted by atomic mass is 35.5. The Labute approximate surface area is 83.1 Å². The topological polar surface area (TPSA) is 80.4 Å². The quantitative estimate of drug-likeness (QED) is 0.780. The second kappa shape index (κ2) is 3.22. The highest BCUT2D eigenvalue weighted by Gasteiger charge is 2.10. The summed E-state index contributed by atoms with van der Waals surface area (Å²) in [7, 11) is 0. The van der Waals surface area contributed by atoms with Gasteiger partial charge >= 0.3 is 5.97 Å². The van der Waals surface area contributed by atoms with Crippen LogP contribution in [0.1, 0.15) is 5.82 Å². The van der Waals surface area contributed by atoms with Crippen LogP contribution in [0.3, 0.4) is 0 Å². The second-order valence-electron chi connectivity index (χ2n) is 2.61. The van der Waals surface area contributed by atoms with E-state index in [1.54, 1.807) is 12.1 Å². The number of halogens is 1. The normalized spacial score (nSPS) is 10.6. The number of carboxylic acids is 1. The molecule has 2 rings (SSSR count). The molecule has 0 radical (unpaired) electrons. The molecule has 2 aromatic heterocycles. The van der Waals surface area contributed by atoms with E-state index >= 15 is 0 Å². The van der Waals surface area contributed by atoms with Gasteiger partial charge in [-0.25, -0.2) is 0 Å². The van der Waals surface area contributed by atoms with Gasteiger partial charge in [-0.1, -0.05) is 11.6 Å². The summed E-state index contributed by atoms with van der Waals surface area (Å²) >= 11 is 5.65. The van der Waals surface area contributed by atoms with Crippen molar-refractivity contribution in [2.45, 2.75) is 6.42 Å². The van der Waals surface area contributed by atoms with Gasteiger partial charge in [-0.05, 0) is 12.1 Å². The molecule has 0 aliphatic rings. The third-order valence-corrected chi connectivity index (χ3v) is 1.81. The minimum absolute atomic E-state index is 0.228. The maximum atomic E-state index is 10.5. The first kappa shape index (κ1) is 8.89. The third kappa shape index (κ3) is 1.51. The summed E-state index contributed by atoms with van der Waals surface area (Å²) in [6, 6.07) is 3.18. The molecular formula is C7H5ClN4O2. The molecular weight excluding hydrogens is 208 g/mol. The Hall–Kier alpha value is -1.69. The Morgan fingerprint density at radius 2 is 2.29 bits per heavy atom. The van der Waals surface area contributed by atoms with Crippen LogP contribution in [-0.4, -0.2) is 30.9 Å². The largest absolute Gasteiger partial charge is 0.481 e. The molecule has 2 aromatic rings. The van der Waals surface area contributed by atoms with Gasteiger partial charge in [0, 0.05) is 0 Å². The van der Waals surface area contributed by atoms with Gasteiger partial charge in [0.15, 0.2) is 11.5 Å². The number of carboxylic acid groups (broad SMARTS) is 1. The summed E-state index contributed by atoms with van der Waals surface area (Å²) in [6.45, 7) is 0. The third-order valence-electron chi connectivity index (χ3n) is 1.60. The summed E-state index contributed by atoms with van der Waals surface area (Å²) in [4.78, 5) is 10.5.